The number of hydrogen-bond donors (Lipinski definition) is 4. The van der Waals surface area contributed by atoms with Gasteiger partial charge in [-0.15, -0.1) is 0 Å². The second kappa shape index (κ2) is 17.6. The number of fused-ring (bicyclic) bond motifs is 3. The maximum atomic E-state index is 13.5. The zero-order chi connectivity index (χ0) is 35.7. The summed E-state index contributed by atoms with van der Waals surface area (Å²) >= 11 is 0. The molecule has 0 aromatic heterocycles. The molecule has 1 aliphatic carbocycles. The van der Waals surface area contributed by atoms with Gasteiger partial charge in [-0.25, -0.2) is 9.59 Å². The molecule has 2 aliphatic rings. The Labute approximate surface area is 296 Å². The molecule has 3 amide bonds. The topological polar surface area (TPSA) is 152 Å². The van der Waals surface area contributed by atoms with Crippen LogP contribution < -0.4 is 16.0 Å². The smallest absolute Gasteiger partial charge is 0.407 e. The molecule has 1 fully saturated rings. The monoisotopic (exact) mass is 715 g/mol. The van der Waals surface area contributed by atoms with Gasteiger partial charge in [0.15, 0.2) is 6.10 Å². The fraction of sp³-hybridized carbons (Fsp3) is 0.556. The van der Waals surface area contributed by atoms with Crippen molar-refractivity contribution in [1.29, 1.82) is 0 Å². The summed E-state index contributed by atoms with van der Waals surface area (Å²) in [6.45, 7) is 10.2. The van der Waals surface area contributed by atoms with E-state index >= 15 is 0 Å². The van der Waals surface area contributed by atoms with Crippen molar-refractivity contribution in [3.63, 3.8) is 0 Å². The maximum Gasteiger partial charge on any atom is 0.407 e. The van der Waals surface area contributed by atoms with Gasteiger partial charge in [0.2, 0.25) is 5.91 Å². The minimum Gasteiger partial charge on any atom is -0.467 e. The first-order valence-corrected chi connectivity index (χ1v) is 19.0. The molecule has 0 saturated carbocycles. The maximum absolute atomic E-state index is 13.5. The molecular weight excluding hydrogens is 667 g/mol. The van der Waals surface area contributed by atoms with Crippen LogP contribution in [0.3, 0.4) is 0 Å². The van der Waals surface area contributed by atoms with E-state index in [-0.39, 0.29) is 41.9 Å². The summed E-state index contributed by atoms with van der Waals surface area (Å²) in [5.41, 5.74) is 4.42. The van der Waals surface area contributed by atoms with Gasteiger partial charge in [0.25, 0.3) is 5.91 Å². The SMILES string of the molecule is COC(=O)[C@@H](CC(C)C)NC(=O)[C@H]1O[C@H](CNC(=O)[C@@H](CSSC(C)(C)C)NC(=O)OCC2c3ccccc3-c3ccccc32)CC[C@@H]1O. The first-order chi connectivity index (χ1) is 23.3. The summed E-state index contributed by atoms with van der Waals surface area (Å²) in [5, 5.41) is 18.8. The van der Waals surface area contributed by atoms with Crippen LogP contribution in [0.1, 0.15) is 70.9 Å². The number of carbonyl (C=O) groups is 4. The minimum atomic E-state index is -1.22. The highest BCUT2D eigenvalue weighted by Crippen LogP contribution is 2.44. The van der Waals surface area contributed by atoms with E-state index < -0.39 is 54.3 Å². The fourth-order valence-electron chi connectivity index (χ4n) is 5.92. The Kier molecular flexibility index (Phi) is 13.8. The van der Waals surface area contributed by atoms with Gasteiger partial charge in [0.1, 0.15) is 18.7 Å². The highest BCUT2D eigenvalue weighted by atomic mass is 33.1. The number of aliphatic hydroxyl groups is 1. The van der Waals surface area contributed by atoms with Crippen molar-refractivity contribution in [2.45, 2.75) is 94.9 Å². The number of carbonyl (C=O) groups excluding carboxylic acids is 4. The predicted molar refractivity (Wildman–Crippen MR) is 192 cm³/mol. The van der Waals surface area contributed by atoms with Crippen molar-refractivity contribution in [2.24, 2.45) is 5.92 Å². The number of alkyl carbamates (subject to hydrolysis) is 1. The van der Waals surface area contributed by atoms with E-state index in [0.717, 1.165) is 22.3 Å². The van der Waals surface area contributed by atoms with Gasteiger partial charge in [-0.3, -0.25) is 9.59 Å². The zero-order valence-corrected chi connectivity index (χ0v) is 30.7. The van der Waals surface area contributed by atoms with Crippen molar-refractivity contribution in [1.82, 2.24) is 16.0 Å². The third-order valence-electron chi connectivity index (χ3n) is 8.24. The molecule has 4 rings (SSSR count). The number of ether oxygens (including phenoxy) is 3. The van der Waals surface area contributed by atoms with Crippen molar-refractivity contribution in [3.8, 4) is 11.1 Å². The fourth-order valence-corrected chi connectivity index (χ4v) is 8.39. The Morgan fingerprint density at radius 2 is 1.59 bits per heavy atom. The summed E-state index contributed by atoms with van der Waals surface area (Å²) in [6, 6.07) is 14.4. The van der Waals surface area contributed by atoms with E-state index in [9.17, 15) is 24.3 Å². The Morgan fingerprint density at radius 3 is 2.18 bits per heavy atom. The highest BCUT2D eigenvalue weighted by Gasteiger charge is 2.38. The van der Waals surface area contributed by atoms with Crippen LogP contribution in [-0.4, -0.2) is 90.1 Å². The highest BCUT2D eigenvalue weighted by molar-refractivity contribution is 8.77. The molecule has 1 aliphatic heterocycles. The molecule has 4 N–H and O–H groups in total. The molecule has 49 heavy (non-hydrogen) atoms. The first kappa shape index (κ1) is 38.5. The van der Waals surface area contributed by atoms with Gasteiger partial charge >= 0.3 is 12.1 Å². The van der Waals surface area contributed by atoms with E-state index in [0.29, 0.717) is 12.8 Å². The molecule has 1 saturated heterocycles. The van der Waals surface area contributed by atoms with Crippen LogP contribution in [0.15, 0.2) is 48.5 Å². The molecule has 268 valence electrons. The second-order valence-electron chi connectivity index (χ2n) is 13.8. The van der Waals surface area contributed by atoms with Crippen molar-refractivity contribution >= 4 is 45.5 Å². The summed E-state index contributed by atoms with van der Waals surface area (Å²) in [5.74, 6) is -1.33. The molecular formula is C36H49N3O8S2. The number of aliphatic hydroxyl groups excluding tert-OH is 1. The molecule has 1 heterocycles. The van der Waals surface area contributed by atoms with Crippen LogP contribution in [-0.2, 0) is 28.6 Å². The van der Waals surface area contributed by atoms with E-state index in [1.807, 2.05) is 50.2 Å². The number of amides is 3. The molecule has 0 radical (unpaired) electrons. The lowest BCUT2D eigenvalue weighted by Gasteiger charge is -2.34. The molecule has 5 atom stereocenters. The Bertz CT molecular complexity index is 1420. The van der Waals surface area contributed by atoms with Crippen molar-refractivity contribution in [3.05, 3.63) is 59.7 Å². The Balaban J connectivity index is 1.35. The number of esters is 1. The lowest BCUT2D eigenvalue weighted by molar-refractivity contribution is -0.161. The Morgan fingerprint density at radius 1 is 0.959 bits per heavy atom. The normalized spacial score (nSPS) is 20.0. The molecule has 2 aromatic rings. The quantitative estimate of drug-likeness (QED) is 0.159. The van der Waals surface area contributed by atoms with Gasteiger partial charge < -0.3 is 35.3 Å². The average molecular weight is 716 g/mol. The van der Waals surface area contributed by atoms with Crippen LogP contribution in [0, 0.1) is 5.92 Å². The molecule has 2 aromatic carbocycles. The number of benzene rings is 2. The van der Waals surface area contributed by atoms with Crippen LogP contribution in [0.2, 0.25) is 0 Å². The van der Waals surface area contributed by atoms with Gasteiger partial charge in [-0.1, -0.05) is 105 Å². The third-order valence-corrected chi connectivity index (χ3v) is 11.6. The van der Waals surface area contributed by atoms with Gasteiger partial charge in [-0.2, -0.15) is 0 Å². The van der Waals surface area contributed by atoms with Gasteiger partial charge in [0, 0.05) is 23.0 Å². The lowest BCUT2D eigenvalue weighted by Crippen LogP contribution is -2.55. The van der Waals surface area contributed by atoms with Gasteiger partial charge in [0.05, 0.1) is 19.3 Å². The molecule has 0 spiro atoms. The minimum absolute atomic E-state index is 0.0572. The molecule has 13 heteroatoms. The second-order valence-corrected chi connectivity index (χ2v) is 17.0. The summed E-state index contributed by atoms with van der Waals surface area (Å²) in [4.78, 5) is 51.9. The van der Waals surface area contributed by atoms with Crippen LogP contribution in [0.25, 0.3) is 11.1 Å². The van der Waals surface area contributed by atoms with E-state index in [2.05, 4.69) is 48.9 Å². The van der Waals surface area contributed by atoms with Crippen LogP contribution >= 0.6 is 21.6 Å². The Hall–Kier alpha value is -3.26. The number of rotatable bonds is 14. The van der Waals surface area contributed by atoms with E-state index in [1.54, 1.807) is 10.8 Å². The summed E-state index contributed by atoms with van der Waals surface area (Å²) in [6.07, 6.45) is -2.52. The standard InChI is InChI=1S/C36H49N3O8S2/c1-21(2)17-28(34(43)45-6)38-33(42)31-30(40)16-15-22(47-31)18-37-32(41)29(20-48-49-36(3,4)5)39-35(44)46-19-27-25-13-9-7-11-23(25)24-12-8-10-14-26(24)27/h7-14,21-22,27-31,40H,15-20H2,1-6H3,(H,37,41)(H,38,42)(H,39,44)/t22-,28+,29+,30-,31-/m0/s1. The summed E-state index contributed by atoms with van der Waals surface area (Å²) in [7, 11) is 4.33. The first-order valence-electron chi connectivity index (χ1n) is 16.7. The number of nitrogens with one attached hydrogen (secondary N) is 3. The van der Waals surface area contributed by atoms with Crippen molar-refractivity contribution in [2.75, 3.05) is 26.0 Å². The zero-order valence-electron chi connectivity index (χ0n) is 29.0. The van der Waals surface area contributed by atoms with Gasteiger partial charge in [-0.05, 0) is 47.4 Å². The third kappa shape index (κ3) is 10.9. The predicted octanol–water partition coefficient (Wildman–Crippen LogP) is 4.80. The largest absolute Gasteiger partial charge is 0.467 e. The molecule has 0 bridgehead atoms. The number of hydrogen-bond acceptors (Lipinski definition) is 10. The molecule has 11 nitrogen and oxygen atoms in total. The van der Waals surface area contributed by atoms with E-state index in [4.69, 9.17) is 14.2 Å². The lowest BCUT2D eigenvalue weighted by atomic mass is 9.98. The summed E-state index contributed by atoms with van der Waals surface area (Å²) < 4.78 is 16.4. The average Bonchev–Trinajstić information content (AvgIpc) is 3.38. The number of methoxy groups -OCH3 is 1. The molecule has 0 unspecified atom stereocenters. The van der Waals surface area contributed by atoms with E-state index in [1.165, 1.54) is 17.9 Å². The van der Waals surface area contributed by atoms with Crippen molar-refractivity contribution < 1.29 is 38.5 Å². The van der Waals surface area contributed by atoms with Crippen LogP contribution in [0.5, 0.6) is 0 Å². The van der Waals surface area contributed by atoms with Crippen LogP contribution in [0.4, 0.5) is 4.79 Å².